The van der Waals surface area contributed by atoms with Crippen LogP contribution in [0.4, 0.5) is 5.69 Å². The summed E-state index contributed by atoms with van der Waals surface area (Å²) in [5.74, 6) is 0.0581. The molecule has 1 amide bonds. The molecule has 1 aliphatic heterocycles. The van der Waals surface area contributed by atoms with Crippen LogP contribution in [0.15, 0.2) is 53.4 Å². The van der Waals surface area contributed by atoms with Gasteiger partial charge in [-0.15, -0.1) is 10.2 Å². The highest BCUT2D eigenvalue weighted by molar-refractivity contribution is 7.89. The first-order chi connectivity index (χ1) is 14.9. The average molecular weight is 441 g/mol. The van der Waals surface area contributed by atoms with Crippen LogP contribution in [0.25, 0.3) is 11.4 Å². The summed E-state index contributed by atoms with van der Waals surface area (Å²) in [6, 6.07) is 14.0. The van der Waals surface area contributed by atoms with Crippen molar-refractivity contribution in [3.8, 4) is 11.4 Å². The number of rotatable bonds is 6. The monoisotopic (exact) mass is 440 g/mol. The van der Waals surface area contributed by atoms with Gasteiger partial charge in [-0.25, -0.2) is 8.42 Å². The number of nitrogens with one attached hydrogen (secondary N) is 1. The zero-order valence-corrected chi connectivity index (χ0v) is 18.0. The van der Waals surface area contributed by atoms with Crippen molar-refractivity contribution in [2.45, 2.75) is 37.6 Å². The van der Waals surface area contributed by atoms with Crippen molar-refractivity contribution < 1.29 is 13.2 Å². The molecule has 0 bridgehead atoms. The van der Waals surface area contributed by atoms with Crippen molar-refractivity contribution in [3.05, 3.63) is 54.1 Å². The third-order valence-electron chi connectivity index (χ3n) is 5.12. The lowest BCUT2D eigenvalue weighted by Crippen LogP contribution is -2.35. The molecule has 2 aromatic carbocycles. The summed E-state index contributed by atoms with van der Waals surface area (Å²) in [5.41, 5.74) is 2.34. The highest BCUT2D eigenvalue weighted by Gasteiger charge is 2.26. The number of anilines is 1. The van der Waals surface area contributed by atoms with Crippen LogP contribution in [-0.4, -0.2) is 51.9 Å². The minimum atomic E-state index is -3.57. The molecule has 1 aromatic heterocycles. The third kappa shape index (κ3) is 4.97. The van der Waals surface area contributed by atoms with Gasteiger partial charge in [-0.3, -0.25) is 4.79 Å². The number of tetrazole rings is 1. The van der Waals surface area contributed by atoms with E-state index in [4.69, 9.17) is 0 Å². The van der Waals surface area contributed by atoms with Crippen molar-refractivity contribution in [1.29, 1.82) is 0 Å². The molecule has 1 fully saturated rings. The lowest BCUT2D eigenvalue weighted by molar-refractivity contribution is -0.117. The number of hydrogen-bond acceptors (Lipinski definition) is 6. The Balaban J connectivity index is 1.42. The lowest BCUT2D eigenvalue weighted by Gasteiger charge is -2.26. The van der Waals surface area contributed by atoms with Crippen LogP contribution < -0.4 is 5.32 Å². The summed E-state index contributed by atoms with van der Waals surface area (Å²) < 4.78 is 27.2. The van der Waals surface area contributed by atoms with Crippen LogP contribution in [0.1, 0.15) is 24.8 Å². The van der Waals surface area contributed by atoms with E-state index in [1.807, 2.05) is 31.2 Å². The van der Waals surface area contributed by atoms with Gasteiger partial charge in [0.1, 0.15) is 6.54 Å². The van der Waals surface area contributed by atoms with Gasteiger partial charge >= 0.3 is 0 Å². The predicted octanol–water partition coefficient (Wildman–Crippen LogP) is 2.46. The van der Waals surface area contributed by atoms with E-state index in [2.05, 4.69) is 20.7 Å². The molecular formula is C21H24N6O3S. The zero-order chi connectivity index (χ0) is 21.8. The van der Waals surface area contributed by atoms with Gasteiger partial charge in [0.05, 0.1) is 4.90 Å². The number of aromatic nitrogens is 4. The zero-order valence-electron chi connectivity index (χ0n) is 17.2. The molecule has 2 heterocycles. The first-order valence-electron chi connectivity index (χ1n) is 10.2. The first kappa shape index (κ1) is 21.1. The molecule has 0 unspecified atom stereocenters. The molecule has 1 saturated heterocycles. The number of carbonyl (C=O) groups is 1. The molecule has 3 aromatic rings. The Hall–Kier alpha value is -3.11. The number of carbonyl (C=O) groups excluding carboxylic acids is 1. The van der Waals surface area contributed by atoms with Crippen LogP contribution in [0, 0.1) is 6.92 Å². The molecule has 0 spiro atoms. The highest BCUT2D eigenvalue weighted by Crippen LogP contribution is 2.23. The Labute approximate surface area is 181 Å². The van der Waals surface area contributed by atoms with E-state index >= 15 is 0 Å². The molecule has 0 atom stereocenters. The second-order valence-corrected chi connectivity index (χ2v) is 9.49. The fraction of sp³-hybridized carbons (Fsp3) is 0.333. The normalized spacial score (nSPS) is 15.0. The maximum absolute atomic E-state index is 12.9. The lowest BCUT2D eigenvalue weighted by atomic mass is 10.1. The number of benzene rings is 2. The van der Waals surface area contributed by atoms with Crippen molar-refractivity contribution in [1.82, 2.24) is 24.5 Å². The van der Waals surface area contributed by atoms with Crippen LogP contribution >= 0.6 is 0 Å². The number of hydrogen-bond donors (Lipinski definition) is 1. The quantitative estimate of drug-likeness (QED) is 0.630. The van der Waals surface area contributed by atoms with Gasteiger partial charge in [0.2, 0.25) is 21.8 Å². The Bertz CT molecular complexity index is 1170. The second-order valence-electron chi connectivity index (χ2n) is 7.55. The van der Waals surface area contributed by atoms with Crippen LogP contribution in [0.3, 0.4) is 0 Å². The number of piperidine rings is 1. The summed E-state index contributed by atoms with van der Waals surface area (Å²) in [7, 11) is -3.57. The van der Waals surface area contributed by atoms with Gasteiger partial charge in [-0.2, -0.15) is 9.10 Å². The average Bonchev–Trinajstić information content (AvgIpc) is 3.23. The molecule has 162 valence electrons. The van der Waals surface area contributed by atoms with E-state index in [-0.39, 0.29) is 17.3 Å². The fourth-order valence-electron chi connectivity index (χ4n) is 3.45. The standard InChI is InChI=1S/C21H24N6O3S/c1-16-8-10-17(11-9-16)21-23-25-27(24-21)15-20(28)22-18-6-5-7-19(14-18)31(29,30)26-12-3-2-4-13-26/h5-11,14H,2-4,12-13,15H2,1H3,(H,22,28). The Kier molecular flexibility index (Phi) is 6.10. The topological polar surface area (TPSA) is 110 Å². The number of amides is 1. The van der Waals surface area contributed by atoms with E-state index < -0.39 is 10.0 Å². The van der Waals surface area contributed by atoms with Crippen LogP contribution in [0.2, 0.25) is 0 Å². The van der Waals surface area contributed by atoms with Crippen molar-refractivity contribution in [2.24, 2.45) is 0 Å². The fourth-order valence-corrected chi connectivity index (χ4v) is 5.01. The van der Waals surface area contributed by atoms with Gasteiger partial charge in [0.25, 0.3) is 0 Å². The smallest absolute Gasteiger partial charge is 0.248 e. The maximum Gasteiger partial charge on any atom is 0.248 e. The number of nitrogens with zero attached hydrogens (tertiary/aromatic N) is 5. The van der Waals surface area contributed by atoms with Crippen molar-refractivity contribution >= 4 is 21.6 Å². The second kappa shape index (κ2) is 8.94. The van der Waals surface area contributed by atoms with Gasteiger partial charge in [-0.05, 0) is 43.2 Å². The van der Waals surface area contributed by atoms with Gasteiger partial charge in [0.15, 0.2) is 0 Å². The van der Waals surface area contributed by atoms with E-state index in [0.29, 0.717) is 24.6 Å². The number of aryl methyl sites for hydroxylation is 1. The van der Waals surface area contributed by atoms with Crippen molar-refractivity contribution in [2.75, 3.05) is 18.4 Å². The third-order valence-corrected chi connectivity index (χ3v) is 7.01. The molecule has 9 nitrogen and oxygen atoms in total. The van der Waals surface area contributed by atoms with Crippen molar-refractivity contribution in [3.63, 3.8) is 0 Å². The van der Waals surface area contributed by atoms with Gasteiger partial charge in [-0.1, -0.05) is 42.3 Å². The maximum atomic E-state index is 12.9. The molecule has 10 heteroatoms. The number of sulfonamides is 1. The Morgan fingerprint density at radius 3 is 2.55 bits per heavy atom. The molecule has 0 aliphatic carbocycles. The molecule has 4 rings (SSSR count). The highest BCUT2D eigenvalue weighted by atomic mass is 32.2. The summed E-state index contributed by atoms with van der Waals surface area (Å²) in [4.78, 5) is 13.8. The summed E-state index contributed by atoms with van der Waals surface area (Å²) >= 11 is 0. The predicted molar refractivity (Wildman–Crippen MR) is 116 cm³/mol. The minimum Gasteiger partial charge on any atom is -0.324 e. The first-order valence-corrected chi connectivity index (χ1v) is 11.6. The Morgan fingerprint density at radius 2 is 1.81 bits per heavy atom. The molecule has 1 aliphatic rings. The molecule has 1 N–H and O–H groups in total. The summed E-state index contributed by atoms with van der Waals surface area (Å²) in [6.45, 7) is 2.91. The summed E-state index contributed by atoms with van der Waals surface area (Å²) in [6.07, 6.45) is 2.78. The van der Waals surface area contributed by atoms with Crippen LogP contribution in [0.5, 0.6) is 0 Å². The van der Waals surface area contributed by atoms with E-state index in [1.165, 1.54) is 15.2 Å². The molecule has 0 radical (unpaired) electrons. The van der Waals surface area contributed by atoms with Gasteiger partial charge < -0.3 is 5.32 Å². The minimum absolute atomic E-state index is 0.137. The molecule has 31 heavy (non-hydrogen) atoms. The largest absolute Gasteiger partial charge is 0.324 e. The van der Waals surface area contributed by atoms with Gasteiger partial charge in [0, 0.05) is 24.3 Å². The summed E-state index contributed by atoms with van der Waals surface area (Å²) in [5, 5.41) is 14.9. The SMILES string of the molecule is Cc1ccc(-c2nnn(CC(=O)Nc3cccc(S(=O)(=O)N4CCCCC4)c3)n2)cc1. The van der Waals surface area contributed by atoms with E-state index in [1.54, 1.807) is 18.2 Å². The van der Waals surface area contributed by atoms with Crippen LogP contribution in [-0.2, 0) is 21.4 Å². The van der Waals surface area contributed by atoms with E-state index in [0.717, 1.165) is 30.4 Å². The Morgan fingerprint density at radius 1 is 1.06 bits per heavy atom. The van der Waals surface area contributed by atoms with E-state index in [9.17, 15) is 13.2 Å². The molecular weight excluding hydrogens is 416 g/mol. The molecule has 0 saturated carbocycles.